The van der Waals surface area contributed by atoms with Crippen molar-refractivity contribution in [2.75, 3.05) is 6.54 Å². The molecule has 0 aromatic rings. The summed E-state index contributed by atoms with van der Waals surface area (Å²) in [5.74, 6) is 1.81. The zero-order chi connectivity index (χ0) is 11.2. The Balaban J connectivity index is 1.79. The van der Waals surface area contributed by atoms with Gasteiger partial charge in [-0.3, -0.25) is 0 Å². The topological polar surface area (TPSA) is 24.1 Å². The van der Waals surface area contributed by atoms with Crippen LogP contribution in [0.4, 0.5) is 0 Å². The van der Waals surface area contributed by atoms with Gasteiger partial charge in [-0.05, 0) is 57.9 Å². The molecule has 2 saturated heterocycles. The molecule has 0 saturated carbocycles. The molecule has 2 N–H and O–H groups in total. The molecule has 0 bridgehead atoms. The molecule has 2 nitrogen and oxygen atoms in total. The van der Waals surface area contributed by atoms with E-state index in [0.29, 0.717) is 5.54 Å². The Hall–Kier alpha value is -0.340. The van der Waals surface area contributed by atoms with Crippen molar-refractivity contribution in [3.05, 3.63) is 12.2 Å². The molecule has 0 amide bonds. The van der Waals surface area contributed by atoms with Crippen LogP contribution < -0.4 is 10.6 Å². The molecule has 2 heteroatoms. The highest BCUT2D eigenvalue weighted by atomic mass is 15.1. The van der Waals surface area contributed by atoms with Crippen LogP contribution in [0, 0.1) is 11.8 Å². The molecule has 0 aromatic heterocycles. The maximum Gasteiger partial charge on any atom is 0.0140 e. The lowest BCUT2D eigenvalue weighted by Gasteiger charge is -2.27. The normalized spacial score (nSPS) is 45.9. The first-order chi connectivity index (χ1) is 7.66. The fraction of sp³-hybridized carbons (Fsp3) is 0.857. The van der Waals surface area contributed by atoms with E-state index < -0.39 is 0 Å². The van der Waals surface area contributed by atoms with Crippen LogP contribution in [0.3, 0.4) is 0 Å². The fourth-order valence-corrected chi connectivity index (χ4v) is 4.02. The Bertz CT molecular complexity index is 295. The maximum atomic E-state index is 3.90. The average molecular weight is 220 g/mol. The first-order valence-electron chi connectivity index (χ1n) is 6.82. The first kappa shape index (κ1) is 10.8. The SMILES string of the molecule is CC1(C)CC2NC3CC=CCC3C2CCN1. The summed E-state index contributed by atoms with van der Waals surface area (Å²) in [6, 6.07) is 1.52. The van der Waals surface area contributed by atoms with Gasteiger partial charge in [0.05, 0.1) is 0 Å². The fourth-order valence-electron chi connectivity index (χ4n) is 4.02. The molecule has 0 spiro atoms. The molecule has 90 valence electrons. The zero-order valence-electron chi connectivity index (χ0n) is 10.5. The highest BCUT2D eigenvalue weighted by Crippen LogP contribution is 2.40. The Kier molecular flexibility index (Phi) is 2.60. The third-order valence-corrected chi connectivity index (χ3v) is 4.79. The van der Waals surface area contributed by atoms with Crippen molar-refractivity contribution in [2.45, 2.75) is 57.2 Å². The summed E-state index contributed by atoms with van der Waals surface area (Å²) in [5.41, 5.74) is 0.313. The summed E-state index contributed by atoms with van der Waals surface area (Å²) in [6.07, 6.45) is 9.96. The second-order valence-electron chi connectivity index (χ2n) is 6.45. The Labute approximate surface area is 98.9 Å². The second kappa shape index (κ2) is 3.85. The van der Waals surface area contributed by atoms with Crippen LogP contribution >= 0.6 is 0 Å². The van der Waals surface area contributed by atoms with Crippen LogP contribution in [-0.2, 0) is 0 Å². The van der Waals surface area contributed by atoms with E-state index in [2.05, 4.69) is 36.6 Å². The average Bonchev–Trinajstić information content (AvgIpc) is 2.48. The largest absolute Gasteiger partial charge is 0.312 e. The highest BCUT2D eigenvalue weighted by molar-refractivity contribution is 5.09. The minimum absolute atomic E-state index is 0.313. The predicted octanol–water partition coefficient (Wildman–Crippen LogP) is 2.07. The van der Waals surface area contributed by atoms with Gasteiger partial charge < -0.3 is 10.6 Å². The molecular weight excluding hydrogens is 196 g/mol. The van der Waals surface area contributed by atoms with Crippen molar-refractivity contribution in [3.8, 4) is 0 Å². The van der Waals surface area contributed by atoms with Gasteiger partial charge in [-0.15, -0.1) is 0 Å². The van der Waals surface area contributed by atoms with Gasteiger partial charge in [-0.25, -0.2) is 0 Å². The van der Waals surface area contributed by atoms with E-state index in [9.17, 15) is 0 Å². The van der Waals surface area contributed by atoms with Gasteiger partial charge in [0.2, 0.25) is 0 Å². The van der Waals surface area contributed by atoms with Crippen LogP contribution in [0.1, 0.15) is 39.5 Å². The van der Waals surface area contributed by atoms with Crippen molar-refractivity contribution in [3.63, 3.8) is 0 Å². The smallest absolute Gasteiger partial charge is 0.0140 e. The molecule has 3 aliphatic rings. The number of nitrogens with one attached hydrogen (secondary N) is 2. The molecule has 4 unspecified atom stereocenters. The van der Waals surface area contributed by atoms with Gasteiger partial charge in [0.15, 0.2) is 0 Å². The minimum Gasteiger partial charge on any atom is -0.312 e. The monoisotopic (exact) mass is 220 g/mol. The Morgan fingerprint density at radius 3 is 2.75 bits per heavy atom. The molecule has 0 aromatic carbocycles. The van der Waals surface area contributed by atoms with Gasteiger partial charge in [0.25, 0.3) is 0 Å². The number of hydrogen-bond donors (Lipinski definition) is 2. The van der Waals surface area contributed by atoms with Gasteiger partial charge in [0.1, 0.15) is 0 Å². The van der Waals surface area contributed by atoms with E-state index in [4.69, 9.17) is 0 Å². The van der Waals surface area contributed by atoms with Crippen LogP contribution in [0.2, 0.25) is 0 Å². The second-order valence-corrected chi connectivity index (χ2v) is 6.45. The molecule has 2 fully saturated rings. The molecule has 2 aliphatic heterocycles. The third-order valence-electron chi connectivity index (χ3n) is 4.79. The van der Waals surface area contributed by atoms with Crippen molar-refractivity contribution in [1.82, 2.24) is 10.6 Å². The quantitative estimate of drug-likeness (QED) is 0.611. The Morgan fingerprint density at radius 1 is 1.06 bits per heavy atom. The van der Waals surface area contributed by atoms with Gasteiger partial charge in [-0.2, -0.15) is 0 Å². The van der Waals surface area contributed by atoms with Gasteiger partial charge >= 0.3 is 0 Å². The molecule has 2 heterocycles. The predicted molar refractivity (Wildman–Crippen MR) is 67.4 cm³/mol. The zero-order valence-corrected chi connectivity index (χ0v) is 10.5. The standard InChI is InChI=1S/C14H24N2/c1-14(2)9-13-11(7-8-15-14)10-5-3-4-6-12(10)16-13/h3-4,10-13,15-16H,5-9H2,1-2H3. The molecule has 4 atom stereocenters. The number of hydrogen-bond acceptors (Lipinski definition) is 2. The van der Waals surface area contributed by atoms with Gasteiger partial charge in [0, 0.05) is 17.6 Å². The molecule has 0 radical (unpaired) electrons. The molecular formula is C14H24N2. The highest BCUT2D eigenvalue weighted by Gasteiger charge is 2.45. The third kappa shape index (κ3) is 1.82. The minimum atomic E-state index is 0.313. The van der Waals surface area contributed by atoms with Crippen molar-refractivity contribution in [2.24, 2.45) is 11.8 Å². The summed E-state index contributed by atoms with van der Waals surface area (Å²) >= 11 is 0. The lowest BCUT2D eigenvalue weighted by Crippen LogP contribution is -2.43. The van der Waals surface area contributed by atoms with Crippen LogP contribution in [0.5, 0.6) is 0 Å². The number of fused-ring (bicyclic) bond motifs is 3. The van der Waals surface area contributed by atoms with E-state index in [1.54, 1.807) is 0 Å². The van der Waals surface area contributed by atoms with Gasteiger partial charge in [-0.1, -0.05) is 12.2 Å². The lowest BCUT2D eigenvalue weighted by molar-refractivity contribution is 0.316. The molecule has 3 rings (SSSR count). The van der Waals surface area contributed by atoms with Crippen molar-refractivity contribution < 1.29 is 0 Å². The number of allylic oxidation sites excluding steroid dienone is 1. The van der Waals surface area contributed by atoms with Crippen LogP contribution in [0.15, 0.2) is 12.2 Å². The van der Waals surface area contributed by atoms with Crippen LogP contribution in [-0.4, -0.2) is 24.2 Å². The lowest BCUT2D eigenvalue weighted by atomic mass is 9.78. The van der Waals surface area contributed by atoms with E-state index in [-0.39, 0.29) is 0 Å². The van der Waals surface area contributed by atoms with E-state index in [1.807, 2.05) is 0 Å². The molecule has 1 aliphatic carbocycles. The summed E-state index contributed by atoms with van der Waals surface area (Å²) in [6.45, 7) is 5.89. The maximum absolute atomic E-state index is 3.90. The summed E-state index contributed by atoms with van der Waals surface area (Å²) in [7, 11) is 0. The molecule has 16 heavy (non-hydrogen) atoms. The first-order valence-corrected chi connectivity index (χ1v) is 6.82. The summed E-state index contributed by atoms with van der Waals surface area (Å²) < 4.78 is 0. The van der Waals surface area contributed by atoms with E-state index >= 15 is 0 Å². The summed E-state index contributed by atoms with van der Waals surface area (Å²) in [5, 5.41) is 7.59. The Morgan fingerprint density at radius 2 is 1.88 bits per heavy atom. The van der Waals surface area contributed by atoms with E-state index in [1.165, 1.54) is 32.2 Å². The van der Waals surface area contributed by atoms with Crippen LogP contribution in [0.25, 0.3) is 0 Å². The summed E-state index contributed by atoms with van der Waals surface area (Å²) in [4.78, 5) is 0. The van der Waals surface area contributed by atoms with E-state index in [0.717, 1.165) is 23.9 Å². The van der Waals surface area contributed by atoms with Crippen molar-refractivity contribution >= 4 is 0 Å². The van der Waals surface area contributed by atoms with Crippen molar-refractivity contribution in [1.29, 1.82) is 0 Å². The number of rotatable bonds is 0.